The van der Waals surface area contributed by atoms with Crippen molar-refractivity contribution < 1.29 is 19.2 Å². The number of fused-ring (bicyclic) bond motifs is 2. The van der Waals surface area contributed by atoms with Gasteiger partial charge in [0.2, 0.25) is 0 Å². The largest absolute Gasteiger partial charge is 0.486 e. The lowest BCUT2D eigenvalue weighted by atomic mass is 10.2. The number of rotatable bonds is 7. The number of nitrogens with zero attached hydrogens (tertiary/aromatic N) is 4. The van der Waals surface area contributed by atoms with Crippen LogP contribution in [0.1, 0.15) is 5.56 Å². The fourth-order valence-corrected chi connectivity index (χ4v) is 4.18. The smallest absolute Gasteiger partial charge is 0.270 e. The van der Waals surface area contributed by atoms with E-state index in [1.807, 2.05) is 31.1 Å². The molecule has 0 N–H and O–H groups in total. The Balaban J connectivity index is 0.00000306. The summed E-state index contributed by atoms with van der Waals surface area (Å²) >= 11 is 1.40. The van der Waals surface area contributed by atoms with Crippen molar-refractivity contribution in [3.8, 4) is 11.5 Å². The van der Waals surface area contributed by atoms with Crippen molar-refractivity contribution in [3.63, 3.8) is 0 Å². The summed E-state index contributed by atoms with van der Waals surface area (Å²) in [6.07, 6.45) is 2.99. The molecule has 3 aromatic rings. The summed E-state index contributed by atoms with van der Waals surface area (Å²) in [6, 6.07) is 9.86. The summed E-state index contributed by atoms with van der Waals surface area (Å²) in [6.45, 7) is 2.08. The minimum absolute atomic E-state index is 0. The molecular formula is C22H23ClN4O5S. The van der Waals surface area contributed by atoms with E-state index in [-0.39, 0.29) is 24.0 Å². The third-order valence-corrected chi connectivity index (χ3v) is 5.85. The van der Waals surface area contributed by atoms with Crippen LogP contribution in [-0.2, 0) is 4.79 Å². The number of anilines is 1. The molecule has 1 amide bonds. The van der Waals surface area contributed by atoms with E-state index in [9.17, 15) is 14.9 Å². The third kappa shape index (κ3) is 5.78. The summed E-state index contributed by atoms with van der Waals surface area (Å²) < 4.78 is 12.2. The Morgan fingerprint density at radius 3 is 2.61 bits per heavy atom. The number of hydrogen-bond donors (Lipinski definition) is 0. The van der Waals surface area contributed by atoms with Crippen LogP contribution in [0.15, 0.2) is 42.5 Å². The van der Waals surface area contributed by atoms with E-state index in [1.165, 1.54) is 29.5 Å². The topological polar surface area (TPSA) is 98.0 Å². The predicted molar refractivity (Wildman–Crippen MR) is 131 cm³/mol. The van der Waals surface area contributed by atoms with Crippen molar-refractivity contribution in [1.82, 2.24) is 9.88 Å². The number of amides is 1. The standard InChI is InChI=1S/C22H22N4O5S.ClH/c1-24(2)8-9-25(21(27)7-6-15-4-3-5-16(12-15)26(28)29)22-23-17-13-18-19(14-20(17)32-22)31-11-10-30-18;/h3-7,12-14H,8-11H2,1-2H3;1H. The Morgan fingerprint density at radius 1 is 1.18 bits per heavy atom. The number of likely N-dealkylation sites (N-methyl/N-ethyl adjacent to an activating group) is 1. The van der Waals surface area contributed by atoms with Gasteiger partial charge in [-0.15, -0.1) is 12.4 Å². The molecule has 0 radical (unpaired) electrons. The van der Waals surface area contributed by atoms with E-state index in [4.69, 9.17) is 9.47 Å². The number of carbonyl (C=O) groups is 1. The highest BCUT2D eigenvalue weighted by molar-refractivity contribution is 7.22. The highest BCUT2D eigenvalue weighted by Gasteiger charge is 2.21. The molecule has 33 heavy (non-hydrogen) atoms. The van der Waals surface area contributed by atoms with Crippen LogP contribution in [-0.4, -0.2) is 61.1 Å². The highest BCUT2D eigenvalue weighted by atomic mass is 35.5. The van der Waals surface area contributed by atoms with Crippen LogP contribution in [0.4, 0.5) is 10.8 Å². The Bertz CT molecular complexity index is 1150. The minimum atomic E-state index is -0.462. The van der Waals surface area contributed by atoms with E-state index in [0.717, 1.165) is 10.2 Å². The van der Waals surface area contributed by atoms with Gasteiger partial charge in [-0.2, -0.15) is 0 Å². The first kappa shape index (κ1) is 24.4. The SMILES string of the molecule is CN(C)CCN(C(=O)C=Cc1cccc([N+](=O)[O-])c1)c1nc2cc3c(cc2s1)OCCO3.Cl. The molecule has 11 heteroatoms. The Labute approximate surface area is 200 Å². The van der Waals surface area contributed by atoms with E-state index in [0.29, 0.717) is 48.5 Å². The molecule has 2 aromatic carbocycles. The Hall–Kier alpha value is -3.21. The van der Waals surface area contributed by atoms with Crippen LogP contribution < -0.4 is 14.4 Å². The number of nitro benzene ring substituents is 1. The molecule has 0 saturated carbocycles. The average Bonchev–Trinajstić information content (AvgIpc) is 3.18. The quantitative estimate of drug-likeness (QED) is 0.280. The van der Waals surface area contributed by atoms with Gasteiger partial charge in [0, 0.05) is 43.4 Å². The zero-order chi connectivity index (χ0) is 22.7. The number of benzene rings is 2. The molecule has 0 unspecified atom stereocenters. The lowest BCUT2D eigenvalue weighted by molar-refractivity contribution is -0.384. The molecule has 0 bridgehead atoms. The van der Waals surface area contributed by atoms with Crippen molar-refractivity contribution in [3.05, 3.63) is 58.2 Å². The molecule has 1 aliphatic heterocycles. The van der Waals surface area contributed by atoms with E-state index >= 15 is 0 Å². The molecule has 0 fully saturated rings. The molecular weight excluding hydrogens is 468 g/mol. The zero-order valence-electron chi connectivity index (χ0n) is 18.1. The van der Waals surface area contributed by atoms with Gasteiger partial charge in [0.1, 0.15) is 13.2 Å². The summed E-state index contributed by atoms with van der Waals surface area (Å²) in [5.41, 5.74) is 1.29. The summed E-state index contributed by atoms with van der Waals surface area (Å²) in [5, 5.41) is 11.6. The van der Waals surface area contributed by atoms with Gasteiger partial charge < -0.3 is 14.4 Å². The maximum atomic E-state index is 13.1. The highest BCUT2D eigenvalue weighted by Crippen LogP contribution is 2.38. The van der Waals surface area contributed by atoms with E-state index in [1.54, 1.807) is 23.1 Å². The molecule has 1 aliphatic rings. The molecule has 174 valence electrons. The van der Waals surface area contributed by atoms with Gasteiger partial charge >= 0.3 is 0 Å². The first-order valence-corrected chi connectivity index (χ1v) is 10.8. The van der Waals surface area contributed by atoms with Gasteiger partial charge in [0.15, 0.2) is 16.6 Å². The molecule has 9 nitrogen and oxygen atoms in total. The number of ether oxygens (including phenoxy) is 2. The van der Waals surface area contributed by atoms with Crippen molar-refractivity contribution in [2.45, 2.75) is 0 Å². The van der Waals surface area contributed by atoms with Crippen LogP contribution in [0.2, 0.25) is 0 Å². The number of hydrogen-bond acceptors (Lipinski definition) is 8. The average molecular weight is 491 g/mol. The Morgan fingerprint density at radius 2 is 1.91 bits per heavy atom. The van der Waals surface area contributed by atoms with Crippen molar-refractivity contribution in [2.75, 3.05) is 45.3 Å². The van der Waals surface area contributed by atoms with E-state index in [2.05, 4.69) is 4.98 Å². The molecule has 1 aromatic heterocycles. The number of carbonyl (C=O) groups excluding carboxylic acids is 1. The van der Waals surface area contributed by atoms with Gasteiger partial charge in [0.05, 0.1) is 15.1 Å². The summed E-state index contributed by atoms with van der Waals surface area (Å²) in [5.74, 6) is 1.07. The number of non-ortho nitro benzene ring substituents is 1. The number of thiazole rings is 1. The van der Waals surface area contributed by atoms with Crippen molar-refractivity contribution >= 4 is 56.8 Å². The molecule has 0 atom stereocenters. The normalized spacial score (nSPS) is 12.7. The fraction of sp³-hybridized carbons (Fsp3) is 0.273. The predicted octanol–water partition coefficient (Wildman–Crippen LogP) is 4.01. The number of aromatic nitrogens is 1. The first-order valence-electron chi connectivity index (χ1n) is 9.99. The van der Waals surface area contributed by atoms with Crippen LogP contribution in [0, 0.1) is 10.1 Å². The van der Waals surface area contributed by atoms with Crippen molar-refractivity contribution in [1.29, 1.82) is 0 Å². The minimum Gasteiger partial charge on any atom is -0.486 e. The van der Waals surface area contributed by atoms with Gasteiger partial charge in [-0.25, -0.2) is 4.98 Å². The molecule has 0 spiro atoms. The van der Waals surface area contributed by atoms with Gasteiger partial charge in [0.25, 0.3) is 11.6 Å². The second-order valence-electron chi connectivity index (χ2n) is 7.44. The fourth-order valence-electron chi connectivity index (χ4n) is 3.17. The third-order valence-electron chi connectivity index (χ3n) is 4.81. The molecule has 2 heterocycles. The van der Waals surface area contributed by atoms with Gasteiger partial charge in [-0.1, -0.05) is 23.5 Å². The number of nitro groups is 1. The zero-order valence-corrected chi connectivity index (χ0v) is 19.7. The lowest BCUT2D eigenvalue weighted by Gasteiger charge is -2.20. The van der Waals surface area contributed by atoms with Gasteiger partial charge in [-0.3, -0.25) is 19.8 Å². The van der Waals surface area contributed by atoms with Crippen LogP contribution >= 0.6 is 23.7 Å². The van der Waals surface area contributed by atoms with Crippen LogP contribution in [0.3, 0.4) is 0 Å². The number of halogens is 1. The lowest BCUT2D eigenvalue weighted by Crippen LogP contribution is -2.35. The summed E-state index contributed by atoms with van der Waals surface area (Å²) in [4.78, 5) is 31.9. The van der Waals surface area contributed by atoms with Crippen LogP contribution in [0.5, 0.6) is 11.5 Å². The van der Waals surface area contributed by atoms with E-state index < -0.39 is 4.92 Å². The Kier molecular flexibility index (Phi) is 7.85. The monoisotopic (exact) mass is 490 g/mol. The summed E-state index contributed by atoms with van der Waals surface area (Å²) in [7, 11) is 3.87. The second-order valence-corrected chi connectivity index (χ2v) is 8.45. The van der Waals surface area contributed by atoms with Crippen molar-refractivity contribution in [2.24, 2.45) is 0 Å². The van der Waals surface area contributed by atoms with Gasteiger partial charge in [-0.05, 0) is 25.7 Å². The molecule has 0 saturated heterocycles. The maximum absolute atomic E-state index is 13.1. The molecule has 4 rings (SSSR count). The second kappa shape index (κ2) is 10.6. The van der Waals surface area contributed by atoms with Crippen LogP contribution in [0.25, 0.3) is 16.3 Å². The maximum Gasteiger partial charge on any atom is 0.270 e. The first-order chi connectivity index (χ1) is 15.4. The molecule has 0 aliphatic carbocycles.